The Kier molecular flexibility index (Phi) is 3.88. The molecule has 1 aliphatic rings. The predicted molar refractivity (Wildman–Crippen MR) is 76.5 cm³/mol. The van der Waals surface area contributed by atoms with Gasteiger partial charge in [0, 0.05) is 17.1 Å². The molecule has 104 valence electrons. The normalized spacial score (nSPS) is 19.8. The highest BCUT2D eigenvalue weighted by Gasteiger charge is 2.38. The van der Waals surface area contributed by atoms with Gasteiger partial charge in [0.05, 0.1) is 11.6 Å². The van der Waals surface area contributed by atoms with Gasteiger partial charge in [-0.3, -0.25) is 4.79 Å². The monoisotopic (exact) mass is 281 g/mol. The Hall–Kier alpha value is -1.06. The minimum Gasteiger partial charge on any atom is -0.388 e. The van der Waals surface area contributed by atoms with Crippen LogP contribution in [0.2, 0.25) is 5.02 Å². The first-order valence-electron chi connectivity index (χ1n) is 6.60. The molecule has 1 N–H and O–H groups in total. The summed E-state index contributed by atoms with van der Waals surface area (Å²) in [7, 11) is 0. The predicted octanol–water partition coefficient (Wildman–Crippen LogP) is 3.02. The van der Waals surface area contributed by atoms with Crippen molar-refractivity contribution in [2.45, 2.75) is 45.3 Å². The summed E-state index contributed by atoms with van der Waals surface area (Å²) in [6, 6.07) is 5.19. The molecule has 0 saturated carbocycles. The summed E-state index contributed by atoms with van der Waals surface area (Å²) in [5.41, 5.74) is 0.665. The second-order valence-corrected chi connectivity index (χ2v) is 6.18. The first-order valence-corrected chi connectivity index (χ1v) is 6.98. The number of carbonyl (C=O) groups is 1. The zero-order chi connectivity index (χ0) is 14.2. The molecule has 1 amide bonds. The van der Waals surface area contributed by atoms with Crippen LogP contribution in [0, 0.1) is 6.92 Å². The summed E-state index contributed by atoms with van der Waals surface area (Å²) < 4.78 is 0. The molecule has 1 saturated heterocycles. The molecule has 1 fully saturated rings. The molecule has 1 aliphatic heterocycles. The number of likely N-dealkylation sites (tertiary alicyclic amines) is 1. The number of amides is 1. The van der Waals surface area contributed by atoms with E-state index in [1.165, 1.54) is 0 Å². The van der Waals surface area contributed by atoms with Crippen LogP contribution in [0.3, 0.4) is 0 Å². The lowest BCUT2D eigenvalue weighted by Gasteiger charge is -2.34. The van der Waals surface area contributed by atoms with Crippen LogP contribution in [0.1, 0.15) is 42.6 Å². The fraction of sp³-hybridized carbons (Fsp3) is 0.533. The average molecular weight is 282 g/mol. The van der Waals surface area contributed by atoms with Gasteiger partial charge in [0.1, 0.15) is 0 Å². The van der Waals surface area contributed by atoms with Gasteiger partial charge in [0.15, 0.2) is 0 Å². The molecule has 1 atom stereocenters. The third-order valence-corrected chi connectivity index (χ3v) is 4.16. The number of halogens is 1. The average Bonchev–Trinajstić information content (AvgIpc) is 2.80. The molecule has 1 aromatic rings. The third-order valence-electron chi connectivity index (χ3n) is 3.73. The van der Waals surface area contributed by atoms with Crippen LogP contribution in [0.15, 0.2) is 18.2 Å². The zero-order valence-corrected chi connectivity index (χ0v) is 12.4. The SMILES string of the molecule is Cc1cc(C(=O)N2CCC[C@@H]2C(C)(C)O)ccc1Cl. The molecule has 1 aromatic carbocycles. The van der Waals surface area contributed by atoms with Crippen LogP contribution < -0.4 is 0 Å². The summed E-state index contributed by atoms with van der Waals surface area (Å²) in [4.78, 5) is 14.3. The molecule has 0 spiro atoms. The number of aliphatic hydroxyl groups is 1. The molecular formula is C15H20ClNO2. The van der Waals surface area contributed by atoms with E-state index in [0.717, 1.165) is 18.4 Å². The Bertz CT molecular complexity index is 493. The molecule has 4 heteroatoms. The lowest BCUT2D eigenvalue weighted by atomic mass is 9.96. The summed E-state index contributed by atoms with van der Waals surface area (Å²) >= 11 is 5.98. The van der Waals surface area contributed by atoms with Crippen molar-refractivity contribution >= 4 is 17.5 Å². The number of nitrogens with zero attached hydrogens (tertiary/aromatic N) is 1. The van der Waals surface area contributed by atoms with Crippen molar-refractivity contribution in [3.8, 4) is 0 Å². The van der Waals surface area contributed by atoms with E-state index in [4.69, 9.17) is 11.6 Å². The minimum atomic E-state index is -0.867. The van der Waals surface area contributed by atoms with Crippen LogP contribution in [0.25, 0.3) is 0 Å². The number of benzene rings is 1. The van der Waals surface area contributed by atoms with Gasteiger partial charge in [-0.2, -0.15) is 0 Å². The van der Waals surface area contributed by atoms with Crippen LogP contribution in [-0.4, -0.2) is 34.1 Å². The molecule has 19 heavy (non-hydrogen) atoms. The van der Waals surface area contributed by atoms with Gasteiger partial charge in [-0.1, -0.05) is 11.6 Å². The van der Waals surface area contributed by atoms with Crippen molar-refractivity contribution in [3.63, 3.8) is 0 Å². The maximum atomic E-state index is 12.5. The largest absolute Gasteiger partial charge is 0.388 e. The van der Waals surface area contributed by atoms with Gasteiger partial charge < -0.3 is 10.0 Å². The van der Waals surface area contributed by atoms with Crippen LogP contribution in [-0.2, 0) is 0 Å². The van der Waals surface area contributed by atoms with Crippen LogP contribution in [0.5, 0.6) is 0 Å². The zero-order valence-electron chi connectivity index (χ0n) is 11.6. The van der Waals surface area contributed by atoms with E-state index in [-0.39, 0.29) is 11.9 Å². The Morgan fingerprint density at radius 2 is 2.16 bits per heavy atom. The Labute approximate surface area is 119 Å². The first-order chi connectivity index (χ1) is 8.80. The molecule has 3 nitrogen and oxygen atoms in total. The quantitative estimate of drug-likeness (QED) is 0.905. The highest BCUT2D eigenvalue weighted by molar-refractivity contribution is 6.31. The summed E-state index contributed by atoms with van der Waals surface area (Å²) in [6.45, 7) is 6.11. The van der Waals surface area contributed by atoms with E-state index < -0.39 is 5.60 Å². The fourth-order valence-corrected chi connectivity index (χ4v) is 2.81. The lowest BCUT2D eigenvalue weighted by Crippen LogP contribution is -2.48. The van der Waals surface area contributed by atoms with E-state index in [2.05, 4.69) is 0 Å². The highest BCUT2D eigenvalue weighted by Crippen LogP contribution is 2.28. The number of carbonyl (C=O) groups excluding carboxylic acids is 1. The first kappa shape index (κ1) is 14.4. The van der Waals surface area contributed by atoms with Gasteiger partial charge in [0.2, 0.25) is 0 Å². The van der Waals surface area contributed by atoms with Crippen molar-refractivity contribution in [1.29, 1.82) is 0 Å². The van der Waals surface area contributed by atoms with Gasteiger partial charge in [-0.25, -0.2) is 0 Å². The summed E-state index contributed by atoms with van der Waals surface area (Å²) in [5.74, 6) is -0.0237. The highest BCUT2D eigenvalue weighted by atomic mass is 35.5. The molecule has 0 aliphatic carbocycles. The summed E-state index contributed by atoms with van der Waals surface area (Å²) in [6.07, 6.45) is 1.79. The standard InChI is InChI=1S/C15H20ClNO2/c1-10-9-11(6-7-12(10)16)14(18)17-8-4-5-13(17)15(2,3)19/h6-7,9,13,19H,4-5,8H2,1-3H3/t13-/m1/s1. The third kappa shape index (κ3) is 2.93. The van der Waals surface area contributed by atoms with Gasteiger partial charge >= 0.3 is 0 Å². The van der Waals surface area contributed by atoms with E-state index in [0.29, 0.717) is 17.1 Å². The Morgan fingerprint density at radius 1 is 1.47 bits per heavy atom. The number of rotatable bonds is 2. The van der Waals surface area contributed by atoms with Crippen LogP contribution >= 0.6 is 11.6 Å². The number of hydrogen-bond donors (Lipinski definition) is 1. The van der Waals surface area contributed by atoms with E-state index in [9.17, 15) is 9.90 Å². The van der Waals surface area contributed by atoms with Crippen molar-refractivity contribution in [3.05, 3.63) is 34.3 Å². The molecule has 0 radical (unpaired) electrons. The van der Waals surface area contributed by atoms with Crippen molar-refractivity contribution in [2.24, 2.45) is 0 Å². The van der Waals surface area contributed by atoms with Crippen molar-refractivity contribution in [2.75, 3.05) is 6.54 Å². The Balaban J connectivity index is 2.26. The fourth-order valence-electron chi connectivity index (χ4n) is 2.69. The molecule has 0 unspecified atom stereocenters. The topological polar surface area (TPSA) is 40.5 Å². The van der Waals surface area contributed by atoms with Crippen LogP contribution in [0.4, 0.5) is 0 Å². The van der Waals surface area contributed by atoms with Gasteiger partial charge in [-0.05, 0) is 57.4 Å². The summed E-state index contributed by atoms with van der Waals surface area (Å²) in [5, 5.41) is 10.8. The molecule has 2 rings (SSSR count). The molecular weight excluding hydrogens is 262 g/mol. The maximum absolute atomic E-state index is 12.5. The number of hydrogen-bond acceptors (Lipinski definition) is 2. The second kappa shape index (κ2) is 5.14. The lowest BCUT2D eigenvalue weighted by molar-refractivity contribution is 0.000334. The van der Waals surface area contributed by atoms with Crippen molar-refractivity contribution < 1.29 is 9.90 Å². The van der Waals surface area contributed by atoms with E-state index in [1.807, 2.05) is 13.0 Å². The van der Waals surface area contributed by atoms with Gasteiger partial charge in [-0.15, -0.1) is 0 Å². The smallest absolute Gasteiger partial charge is 0.254 e. The van der Waals surface area contributed by atoms with E-state index in [1.54, 1.807) is 30.9 Å². The van der Waals surface area contributed by atoms with Gasteiger partial charge in [0.25, 0.3) is 5.91 Å². The second-order valence-electron chi connectivity index (χ2n) is 5.77. The Morgan fingerprint density at radius 3 is 2.74 bits per heavy atom. The maximum Gasteiger partial charge on any atom is 0.254 e. The molecule has 0 bridgehead atoms. The van der Waals surface area contributed by atoms with Crippen molar-refractivity contribution in [1.82, 2.24) is 4.90 Å². The molecule has 1 heterocycles. The van der Waals surface area contributed by atoms with E-state index >= 15 is 0 Å². The number of aryl methyl sites for hydroxylation is 1. The molecule has 0 aromatic heterocycles. The minimum absolute atomic E-state index is 0.0237.